The molecule has 0 spiro atoms. The molecule has 2 rings (SSSR count). The normalized spacial score (nSPS) is 18.6. The van der Waals surface area contributed by atoms with Gasteiger partial charge in [0.25, 0.3) is 0 Å². The Morgan fingerprint density at radius 3 is 2.89 bits per heavy atom. The third-order valence-electron chi connectivity index (χ3n) is 4.09. The molecular weight excluding hydrogens is 254 g/mol. The number of nitrogens with one attached hydrogen (secondary N) is 1. The van der Waals surface area contributed by atoms with Crippen molar-refractivity contribution in [3.63, 3.8) is 0 Å². The first kappa shape index (κ1) is 14.9. The molecule has 1 aliphatic rings. The monoisotopic (exact) mass is 281 g/mol. The molecule has 4 heteroatoms. The lowest BCUT2D eigenvalue weighted by Gasteiger charge is -2.26. The molecule has 1 unspecified atom stereocenters. The van der Waals surface area contributed by atoms with Crippen LogP contribution in [0.2, 0.25) is 0 Å². The molecule has 1 aromatic rings. The van der Waals surface area contributed by atoms with Gasteiger partial charge in [0.1, 0.15) is 5.82 Å². The molecule has 1 atom stereocenters. The number of aryl methyl sites for hydroxylation is 2. The van der Waals surface area contributed by atoms with E-state index < -0.39 is 0 Å². The molecule has 1 saturated heterocycles. The summed E-state index contributed by atoms with van der Waals surface area (Å²) in [5.74, 6) is 4.87. The molecule has 108 valence electrons. The number of aromatic nitrogens is 2. The van der Waals surface area contributed by atoms with Crippen molar-refractivity contribution in [3.8, 4) is 0 Å². The second-order valence-corrected chi connectivity index (χ2v) is 6.76. The molecule has 1 aliphatic heterocycles. The molecular formula is C15H27N3S. The predicted octanol–water partition coefficient (Wildman–Crippen LogP) is 2.86. The Morgan fingerprint density at radius 2 is 2.26 bits per heavy atom. The standard InChI is InChI=1S/C15H27N3S/c1-3-16-14(12-13-6-10-19-11-7-13)4-5-15-17-8-9-18(15)2/h8-9,13-14,16H,3-7,10-12H2,1-2H3. The van der Waals surface area contributed by atoms with E-state index in [0.29, 0.717) is 6.04 Å². The van der Waals surface area contributed by atoms with Crippen LogP contribution >= 0.6 is 11.8 Å². The summed E-state index contributed by atoms with van der Waals surface area (Å²) in [4.78, 5) is 4.43. The third-order valence-corrected chi connectivity index (χ3v) is 5.14. The minimum Gasteiger partial charge on any atom is -0.338 e. The van der Waals surface area contributed by atoms with Gasteiger partial charge < -0.3 is 9.88 Å². The summed E-state index contributed by atoms with van der Waals surface area (Å²) < 4.78 is 2.14. The molecule has 0 radical (unpaired) electrons. The summed E-state index contributed by atoms with van der Waals surface area (Å²) in [6.07, 6.45) is 10.4. The molecule has 2 heterocycles. The predicted molar refractivity (Wildman–Crippen MR) is 83.7 cm³/mol. The Bertz CT molecular complexity index is 358. The molecule has 0 bridgehead atoms. The van der Waals surface area contributed by atoms with Gasteiger partial charge in [-0.05, 0) is 49.7 Å². The Kier molecular flexibility index (Phi) is 6.24. The molecule has 0 saturated carbocycles. The highest BCUT2D eigenvalue weighted by Gasteiger charge is 2.19. The summed E-state index contributed by atoms with van der Waals surface area (Å²) in [6.45, 7) is 3.29. The molecule has 19 heavy (non-hydrogen) atoms. The van der Waals surface area contributed by atoms with E-state index in [2.05, 4.69) is 40.6 Å². The molecule has 0 amide bonds. The van der Waals surface area contributed by atoms with Crippen molar-refractivity contribution in [2.75, 3.05) is 18.1 Å². The van der Waals surface area contributed by atoms with E-state index in [1.165, 1.54) is 43.0 Å². The van der Waals surface area contributed by atoms with Crippen LogP contribution in [0.5, 0.6) is 0 Å². The van der Waals surface area contributed by atoms with Crippen molar-refractivity contribution < 1.29 is 0 Å². The third kappa shape index (κ3) is 4.84. The van der Waals surface area contributed by atoms with Crippen LogP contribution in [0.1, 0.15) is 38.4 Å². The average molecular weight is 281 g/mol. The SMILES string of the molecule is CCNC(CCc1nccn1C)CC1CCSCC1. The summed E-state index contributed by atoms with van der Waals surface area (Å²) >= 11 is 2.12. The van der Waals surface area contributed by atoms with Gasteiger partial charge in [0, 0.05) is 31.9 Å². The van der Waals surface area contributed by atoms with Crippen LogP contribution in [0, 0.1) is 5.92 Å². The minimum atomic E-state index is 0.662. The topological polar surface area (TPSA) is 29.9 Å². The van der Waals surface area contributed by atoms with E-state index >= 15 is 0 Å². The number of nitrogens with zero attached hydrogens (tertiary/aromatic N) is 2. The van der Waals surface area contributed by atoms with E-state index in [4.69, 9.17) is 0 Å². The van der Waals surface area contributed by atoms with Crippen molar-refractivity contribution in [3.05, 3.63) is 18.2 Å². The summed E-state index contributed by atoms with van der Waals surface area (Å²) in [5, 5.41) is 3.67. The average Bonchev–Trinajstić information content (AvgIpc) is 2.83. The van der Waals surface area contributed by atoms with Crippen LogP contribution in [0.25, 0.3) is 0 Å². The van der Waals surface area contributed by atoms with Crippen LogP contribution in [0.3, 0.4) is 0 Å². The van der Waals surface area contributed by atoms with Gasteiger partial charge in [0.2, 0.25) is 0 Å². The number of hydrogen-bond acceptors (Lipinski definition) is 3. The van der Waals surface area contributed by atoms with Gasteiger partial charge in [-0.2, -0.15) is 11.8 Å². The highest BCUT2D eigenvalue weighted by molar-refractivity contribution is 7.99. The second kappa shape index (κ2) is 7.95. The summed E-state index contributed by atoms with van der Waals surface area (Å²) in [5.41, 5.74) is 0. The van der Waals surface area contributed by atoms with E-state index in [0.717, 1.165) is 18.9 Å². The lowest BCUT2D eigenvalue weighted by Crippen LogP contribution is -2.32. The number of thioether (sulfide) groups is 1. The molecule has 1 N–H and O–H groups in total. The summed E-state index contributed by atoms with van der Waals surface area (Å²) in [6, 6.07) is 0.662. The Labute approximate surface area is 121 Å². The van der Waals surface area contributed by atoms with E-state index in [1.807, 2.05) is 12.4 Å². The van der Waals surface area contributed by atoms with Crippen molar-refractivity contribution in [2.45, 2.75) is 45.1 Å². The molecule has 0 aliphatic carbocycles. The van der Waals surface area contributed by atoms with Gasteiger partial charge in [-0.15, -0.1) is 0 Å². The van der Waals surface area contributed by atoms with Crippen LogP contribution in [0.15, 0.2) is 12.4 Å². The fraction of sp³-hybridized carbons (Fsp3) is 0.800. The second-order valence-electron chi connectivity index (χ2n) is 5.54. The maximum absolute atomic E-state index is 4.43. The van der Waals surface area contributed by atoms with Crippen molar-refractivity contribution in [2.24, 2.45) is 13.0 Å². The smallest absolute Gasteiger partial charge is 0.108 e. The minimum absolute atomic E-state index is 0.662. The van der Waals surface area contributed by atoms with E-state index in [-0.39, 0.29) is 0 Å². The highest BCUT2D eigenvalue weighted by Crippen LogP contribution is 2.27. The zero-order chi connectivity index (χ0) is 13.5. The first-order valence-corrected chi connectivity index (χ1v) is 8.72. The Hall–Kier alpha value is -0.480. The summed E-state index contributed by atoms with van der Waals surface area (Å²) in [7, 11) is 2.09. The fourth-order valence-electron chi connectivity index (χ4n) is 2.92. The van der Waals surface area contributed by atoms with E-state index in [9.17, 15) is 0 Å². The van der Waals surface area contributed by atoms with Crippen molar-refractivity contribution in [1.29, 1.82) is 0 Å². The number of imidazole rings is 1. The highest BCUT2D eigenvalue weighted by atomic mass is 32.2. The van der Waals surface area contributed by atoms with Crippen LogP contribution in [0.4, 0.5) is 0 Å². The number of rotatable bonds is 7. The lowest BCUT2D eigenvalue weighted by atomic mass is 9.92. The number of hydrogen-bond donors (Lipinski definition) is 1. The lowest BCUT2D eigenvalue weighted by molar-refractivity contribution is 0.353. The van der Waals surface area contributed by atoms with E-state index in [1.54, 1.807) is 0 Å². The molecule has 1 aromatic heterocycles. The van der Waals surface area contributed by atoms with Crippen molar-refractivity contribution in [1.82, 2.24) is 14.9 Å². The van der Waals surface area contributed by atoms with Gasteiger partial charge in [0.15, 0.2) is 0 Å². The zero-order valence-corrected chi connectivity index (χ0v) is 13.1. The van der Waals surface area contributed by atoms with Gasteiger partial charge in [0.05, 0.1) is 0 Å². The fourth-order valence-corrected chi connectivity index (χ4v) is 4.12. The maximum Gasteiger partial charge on any atom is 0.108 e. The van der Waals surface area contributed by atoms with Gasteiger partial charge in [-0.25, -0.2) is 4.98 Å². The van der Waals surface area contributed by atoms with Gasteiger partial charge in [-0.3, -0.25) is 0 Å². The zero-order valence-electron chi connectivity index (χ0n) is 12.3. The van der Waals surface area contributed by atoms with Crippen LogP contribution < -0.4 is 5.32 Å². The first-order valence-electron chi connectivity index (χ1n) is 7.57. The van der Waals surface area contributed by atoms with Crippen LogP contribution in [-0.4, -0.2) is 33.6 Å². The van der Waals surface area contributed by atoms with Crippen LogP contribution in [-0.2, 0) is 13.5 Å². The maximum atomic E-state index is 4.43. The molecule has 0 aromatic carbocycles. The molecule has 1 fully saturated rings. The van der Waals surface area contributed by atoms with Crippen molar-refractivity contribution >= 4 is 11.8 Å². The van der Waals surface area contributed by atoms with Gasteiger partial charge in [-0.1, -0.05) is 6.92 Å². The first-order chi connectivity index (χ1) is 9.29. The van der Waals surface area contributed by atoms with Gasteiger partial charge >= 0.3 is 0 Å². The quantitative estimate of drug-likeness (QED) is 0.833. The molecule has 3 nitrogen and oxygen atoms in total. The largest absolute Gasteiger partial charge is 0.338 e. The Balaban J connectivity index is 1.79. The Morgan fingerprint density at radius 1 is 1.47 bits per heavy atom.